The number of fused-ring (bicyclic) bond motifs is 1. The normalized spacial score (nSPS) is 13.1. The first-order chi connectivity index (χ1) is 13.2. The van der Waals surface area contributed by atoms with Gasteiger partial charge < -0.3 is 9.80 Å². The van der Waals surface area contributed by atoms with Crippen LogP contribution in [0.3, 0.4) is 0 Å². The molecule has 0 radical (unpaired) electrons. The predicted molar refractivity (Wildman–Crippen MR) is 108 cm³/mol. The minimum Gasteiger partial charge on any atom is -0.355 e. The van der Waals surface area contributed by atoms with Gasteiger partial charge >= 0.3 is 0 Å². The van der Waals surface area contributed by atoms with Crippen LogP contribution < -0.4 is 4.90 Å². The second kappa shape index (κ2) is 7.62. The molecule has 0 bridgehead atoms. The highest BCUT2D eigenvalue weighted by atomic mass is 16.2. The van der Waals surface area contributed by atoms with Crippen LogP contribution in [0.4, 0.5) is 5.82 Å². The van der Waals surface area contributed by atoms with Crippen molar-refractivity contribution in [3.05, 3.63) is 95.2 Å². The average Bonchev–Trinajstić information content (AvgIpc) is 2.73. The first kappa shape index (κ1) is 17.3. The van der Waals surface area contributed by atoms with Crippen LogP contribution in [-0.4, -0.2) is 29.4 Å². The number of hydrogen-bond donors (Lipinski definition) is 0. The molecule has 0 saturated carbocycles. The lowest BCUT2D eigenvalue weighted by Gasteiger charge is -2.29. The second-order valence-corrected chi connectivity index (χ2v) is 6.99. The largest absolute Gasteiger partial charge is 0.355 e. The van der Waals surface area contributed by atoms with Gasteiger partial charge in [-0.25, -0.2) is 4.98 Å². The molecule has 4 heteroatoms. The van der Waals surface area contributed by atoms with Crippen LogP contribution >= 0.6 is 0 Å². The zero-order valence-electron chi connectivity index (χ0n) is 15.5. The van der Waals surface area contributed by atoms with Crippen LogP contribution in [0.1, 0.15) is 27.0 Å². The maximum Gasteiger partial charge on any atom is 0.255 e. The number of aromatic nitrogens is 1. The van der Waals surface area contributed by atoms with E-state index in [1.54, 1.807) is 6.20 Å². The molecule has 0 fully saturated rings. The molecule has 136 valence electrons. The van der Waals surface area contributed by atoms with Crippen molar-refractivity contribution in [1.82, 2.24) is 9.88 Å². The Labute approximate surface area is 160 Å². The number of carbonyl (C=O) groups is 1. The van der Waals surface area contributed by atoms with Gasteiger partial charge in [0.15, 0.2) is 0 Å². The lowest BCUT2D eigenvalue weighted by Crippen LogP contribution is -2.36. The van der Waals surface area contributed by atoms with E-state index in [-0.39, 0.29) is 5.91 Å². The smallest absolute Gasteiger partial charge is 0.255 e. The molecule has 0 saturated heterocycles. The summed E-state index contributed by atoms with van der Waals surface area (Å²) >= 11 is 0. The Kier molecular flexibility index (Phi) is 4.88. The molecule has 3 aromatic rings. The summed E-state index contributed by atoms with van der Waals surface area (Å²) in [6.07, 6.45) is 2.60. The Hall–Kier alpha value is -3.14. The van der Waals surface area contributed by atoms with Gasteiger partial charge in [0.2, 0.25) is 0 Å². The van der Waals surface area contributed by atoms with Gasteiger partial charge in [-0.2, -0.15) is 0 Å². The monoisotopic (exact) mass is 357 g/mol. The molecule has 0 aliphatic carbocycles. The summed E-state index contributed by atoms with van der Waals surface area (Å²) < 4.78 is 0. The summed E-state index contributed by atoms with van der Waals surface area (Å²) in [6.45, 7) is 2.21. The zero-order chi connectivity index (χ0) is 18.6. The minimum absolute atomic E-state index is 0.0502. The Morgan fingerprint density at radius 1 is 1.00 bits per heavy atom. The minimum atomic E-state index is 0.0502. The Morgan fingerprint density at radius 2 is 1.74 bits per heavy atom. The van der Waals surface area contributed by atoms with Crippen molar-refractivity contribution in [2.45, 2.75) is 19.5 Å². The van der Waals surface area contributed by atoms with E-state index in [4.69, 9.17) is 0 Å². The molecule has 1 aliphatic rings. The summed E-state index contributed by atoms with van der Waals surface area (Å²) in [4.78, 5) is 21.4. The third-order valence-corrected chi connectivity index (χ3v) is 5.07. The number of benzene rings is 2. The molecule has 1 aliphatic heterocycles. The molecule has 4 rings (SSSR count). The van der Waals surface area contributed by atoms with Gasteiger partial charge in [-0.15, -0.1) is 0 Å². The van der Waals surface area contributed by atoms with Crippen LogP contribution in [0.25, 0.3) is 0 Å². The summed E-state index contributed by atoms with van der Waals surface area (Å²) in [5.41, 5.74) is 4.46. The molecular weight excluding hydrogens is 334 g/mol. The summed E-state index contributed by atoms with van der Waals surface area (Å²) in [6, 6.07) is 22.4. The first-order valence-electron chi connectivity index (χ1n) is 9.28. The summed E-state index contributed by atoms with van der Waals surface area (Å²) in [5, 5.41) is 0. The molecule has 0 atom stereocenters. The van der Waals surface area contributed by atoms with Crippen molar-refractivity contribution in [3.63, 3.8) is 0 Å². The second-order valence-electron chi connectivity index (χ2n) is 6.99. The zero-order valence-corrected chi connectivity index (χ0v) is 15.5. The van der Waals surface area contributed by atoms with E-state index in [0.29, 0.717) is 12.1 Å². The predicted octanol–water partition coefficient (Wildman–Crippen LogP) is 3.92. The molecule has 4 nitrogen and oxygen atoms in total. The fourth-order valence-electron chi connectivity index (χ4n) is 3.53. The quantitative estimate of drug-likeness (QED) is 0.710. The molecule has 0 spiro atoms. The third kappa shape index (κ3) is 3.85. The topological polar surface area (TPSA) is 36.4 Å². The van der Waals surface area contributed by atoms with Crippen molar-refractivity contribution in [2.75, 3.05) is 18.5 Å². The van der Waals surface area contributed by atoms with E-state index in [1.807, 2.05) is 48.3 Å². The molecular formula is C23H23N3O. The maximum absolute atomic E-state index is 12.9. The van der Waals surface area contributed by atoms with Crippen LogP contribution in [0.15, 0.2) is 72.9 Å². The Morgan fingerprint density at radius 3 is 2.48 bits per heavy atom. The Bertz CT molecular complexity index is 922. The van der Waals surface area contributed by atoms with Gasteiger partial charge in [0.1, 0.15) is 5.82 Å². The number of amides is 1. The van der Waals surface area contributed by atoms with Gasteiger partial charge in [0, 0.05) is 32.9 Å². The average molecular weight is 357 g/mol. The number of rotatable bonds is 4. The molecule has 27 heavy (non-hydrogen) atoms. The molecule has 2 aromatic carbocycles. The van der Waals surface area contributed by atoms with Crippen LogP contribution in [-0.2, 0) is 19.5 Å². The van der Waals surface area contributed by atoms with Crippen molar-refractivity contribution in [3.8, 4) is 0 Å². The van der Waals surface area contributed by atoms with E-state index >= 15 is 0 Å². The van der Waals surface area contributed by atoms with Crippen LogP contribution in [0.2, 0.25) is 0 Å². The SMILES string of the molecule is CN(Cc1ccccc1)c1ccc(C(=O)N2CCc3ccccc3C2)cn1. The van der Waals surface area contributed by atoms with E-state index < -0.39 is 0 Å². The van der Waals surface area contributed by atoms with Crippen molar-refractivity contribution in [1.29, 1.82) is 0 Å². The summed E-state index contributed by atoms with van der Waals surface area (Å²) in [5.74, 6) is 0.911. The highest BCUT2D eigenvalue weighted by Gasteiger charge is 2.21. The van der Waals surface area contributed by atoms with E-state index in [1.165, 1.54) is 16.7 Å². The van der Waals surface area contributed by atoms with E-state index in [0.717, 1.165) is 25.3 Å². The fraction of sp³-hybridized carbons (Fsp3) is 0.217. The van der Waals surface area contributed by atoms with Gasteiger partial charge in [-0.3, -0.25) is 4.79 Å². The van der Waals surface area contributed by atoms with E-state index in [9.17, 15) is 4.79 Å². The third-order valence-electron chi connectivity index (χ3n) is 5.07. The molecule has 0 N–H and O–H groups in total. The van der Waals surface area contributed by atoms with E-state index in [2.05, 4.69) is 40.2 Å². The van der Waals surface area contributed by atoms with Gasteiger partial charge in [-0.05, 0) is 35.2 Å². The molecule has 1 aromatic heterocycles. The van der Waals surface area contributed by atoms with Crippen molar-refractivity contribution >= 4 is 11.7 Å². The first-order valence-corrected chi connectivity index (χ1v) is 9.28. The number of carbonyl (C=O) groups excluding carboxylic acids is 1. The van der Waals surface area contributed by atoms with Crippen molar-refractivity contribution < 1.29 is 4.79 Å². The van der Waals surface area contributed by atoms with Gasteiger partial charge in [0.25, 0.3) is 5.91 Å². The maximum atomic E-state index is 12.9. The highest BCUT2D eigenvalue weighted by molar-refractivity contribution is 5.94. The van der Waals surface area contributed by atoms with Crippen LogP contribution in [0, 0.1) is 0 Å². The number of anilines is 1. The highest BCUT2D eigenvalue weighted by Crippen LogP contribution is 2.21. The van der Waals surface area contributed by atoms with Crippen molar-refractivity contribution in [2.24, 2.45) is 0 Å². The number of pyridine rings is 1. The standard InChI is InChI=1S/C23H23N3O/c1-25(16-18-7-3-2-4-8-18)22-12-11-20(15-24-22)23(27)26-14-13-19-9-5-6-10-21(19)17-26/h2-12,15H,13-14,16-17H2,1H3. The van der Waals surface area contributed by atoms with Gasteiger partial charge in [-0.1, -0.05) is 54.6 Å². The Balaban J connectivity index is 1.43. The summed E-state index contributed by atoms with van der Waals surface area (Å²) in [7, 11) is 2.01. The fourth-order valence-corrected chi connectivity index (χ4v) is 3.53. The lowest BCUT2D eigenvalue weighted by molar-refractivity contribution is 0.0734. The molecule has 1 amide bonds. The molecule has 2 heterocycles. The lowest BCUT2D eigenvalue weighted by atomic mass is 9.99. The molecule has 0 unspecified atom stereocenters. The van der Waals surface area contributed by atoms with Crippen LogP contribution in [0.5, 0.6) is 0 Å². The van der Waals surface area contributed by atoms with Gasteiger partial charge in [0.05, 0.1) is 5.56 Å². The number of hydrogen-bond acceptors (Lipinski definition) is 3. The number of nitrogens with zero attached hydrogens (tertiary/aromatic N) is 3.